The molecule has 0 N–H and O–H groups in total. The second kappa shape index (κ2) is 2.95. The summed E-state index contributed by atoms with van der Waals surface area (Å²) in [4.78, 5) is 2.38. The second-order valence-corrected chi connectivity index (χ2v) is 3.16. The lowest BCUT2D eigenvalue weighted by atomic mass is 10.4. The Balaban J connectivity index is 2.93. The fourth-order valence-electron chi connectivity index (χ4n) is 0.557. The summed E-state index contributed by atoms with van der Waals surface area (Å²) < 4.78 is 0. The second-order valence-electron chi connectivity index (χ2n) is 1.65. The Kier molecular flexibility index (Phi) is 2.21. The highest BCUT2D eigenvalue weighted by molar-refractivity contribution is 7.85. The molecule has 0 saturated heterocycles. The molecule has 1 aromatic rings. The van der Waals surface area contributed by atoms with Gasteiger partial charge in [-0.15, -0.1) is 11.3 Å². The molecule has 0 bridgehead atoms. The van der Waals surface area contributed by atoms with Crippen molar-refractivity contribution in [1.29, 1.82) is 0 Å². The molecular formula is C7H6S2. The SMILES string of the molecule is Cc1ccc(C#CS)s1. The van der Waals surface area contributed by atoms with Crippen molar-refractivity contribution in [2.24, 2.45) is 0 Å². The number of thiophene rings is 1. The average molecular weight is 154 g/mol. The smallest absolute Gasteiger partial charge is 0.0780 e. The molecule has 0 aliphatic carbocycles. The van der Waals surface area contributed by atoms with Crippen LogP contribution in [0.1, 0.15) is 9.75 Å². The highest BCUT2D eigenvalue weighted by Crippen LogP contribution is 2.12. The molecule has 1 heterocycles. The van der Waals surface area contributed by atoms with Crippen molar-refractivity contribution in [2.75, 3.05) is 0 Å². The van der Waals surface area contributed by atoms with E-state index in [1.165, 1.54) is 4.88 Å². The van der Waals surface area contributed by atoms with Crippen LogP contribution < -0.4 is 0 Å². The van der Waals surface area contributed by atoms with Crippen LogP contribution in [0.2, 0.25) is 0 Å². The van der Waals surface area contributed by atoms with Crippen LogP contribution in [0.15, 0.2) is 12.1 Å². The molecule has 0 nitrogen and oxygen atoms in total. The first-order valence-corrected chi connectivity index (χ1v) is 3.81. The molecule has 0 spiro atoms. The van der Waals surface area contributed by atoms with E-state index in [-0.39, 0.29) is 0 Å². The predicted octanol–water partition coefficient (Wildman–Crippen LogP) is 2.30. The predicted molar refractivity (Wildman–Crippen MR) is 44.9 cm³/mol. The van der Waals surface area contributed by atoms with E-state index in [1.807, 2.05) is 6.07 Å². The standard InChI is InChI=1S/C7H6S2/c1-6-2-3-7(9-6)4-5-8/h2-3,8H,1H3. The number of rotatable bonds is 0. The van der Waals surface area contributed by atoms with Gasteiger partial charge in [-0.1, -0.05) is 12.6 Å². The van der Waals surface area contributed by atoms with Gasteiger partial charge in [0.25, 0.3) is 0 Å². The number of aryl methyl sites for hydroxylation is 1. The van der Waals surface area contributed by atoms with Crippen molar-refractivity contribution in [3.05, 3.63) is 21.9 Å². The molecule has 0 amide bonds. The largest absolute Gasteiger partial charge is 0.132 e. The van der Waals surface area contributed by atoms with E-state index < -0.39 is 0 Å². The fourth-order valence-corrected chi connectivity index (χ4v) is 1.47. The van der Waals surface area contributed by atoms with Gasteiger partial charge in [0.1, 0.15) is 0 Å². The van der Waals surface area contributed by atoms with Crippen molar-refractivity contribution < 1.29 is 0 Å². The molecule has 0 radical (unpaired) electrons. The van der Waals surface area contributed by atoms with Crippen LogP contribution in [-0.2, 0) is 0 Å². The van der Waals surface area contributed by atoms with E-state index in [9.17, 15) is 0 Å². The molecule has 1 rings (SSSR count). The van der Waals surface area contributed by atoms with E-state index >= 15 is 0 Å². The first kappa shape index (κ1) is 6.73. The molecule has 0 aliphatic heterocycles. The quantitative estimate of drug-likeness (QED) is 0.430. The lowest BCUT2D eigenvalue weighted by Crippen LogP contribution is -1.53. The van der Waals surface area contributed by atoms with Crippen LogP contribution in [0.4, 0.5) is 0 Å². The lowest BCUT2D eigenvalue weighted by molar-refractivity contribution is 1.64. The van der Waals surface area contributed by atoms with Crippen molar-refractivity contribution in [2.45, 2.75) is 6.92 Å². The van der Waals surface area contributed by atoms with E-state index in [4.69, 9.17) is 0 Å². The summed E-state index contributed by atoms with van der Waals surface area (Å²) >= 11 is 5.48. The maximum atomic E-state index is 3.79. The summed E-state index contributed by atoms with van der Waals surface area (Å²) in [5.74, 6) is 2.86. The summed E-state index contributed by atoms with van der Waals surface area (Å²) in [6.45, 7) is 2.06. The van der Waals surface area contributed by atoms with Gasteiger partial charge in [-0.05, 0) is 30.2 Å². The fraction of sp³-hybridized carbons (Fsp3) is 0.143. The van der Waals surface area contributed by atoms with Crippen LogP contribution in [0.5, 0.6) is 0 Å². The zero-order valence-corrected chi connectivity index (χ0v) is 6.72. The molecule has 46 valence electrons. The Labute approximate surface area is 64.3 Å². The van der Waals surface area contributed by atoms with Crippen molar-refractivity contribution in [1.82, 2.24) is 0 Å². The third-order valence-electron chi connectivity index (χ3n) is 0.919. The molecule has 9 heavy (non-hydrogen) atoms. The summed E-state index contributed by atoms with van der Waals surface area (Å²) in [6.07, 6.45) is 0. The minimum Gasteiger partial charge on any atom is -0.132 e. The Morgan fingerprint density at radius 2 is 2.33 bits per heavy atom. The third-order valence-corrected chi connectivity index (χ3v) is 1.95. The number of thiol groups is 1. The highest BCUT2D eigenvalue weighted by Gasteiger charge is 1.88. The topological polar surface area (TPSA) is 0 Å². The van der Waals surface area contributed by atoms with Gasteiger partial charge in [0.15, 0.2) is 0 Å². The van der Waals surface area contributed by atoms with Gasteiger partial charge in [-0.2, -0.15) is 0 Å². The summed E-state index contributed by atoms with van der Waals surface area (Å²) in [6, 6.07) is 4.06. The van der Waals surface area contributed by atoms with Gasteiger partial charge >= 0.3 is 0 Å². The first-order valence-electron chi connectivity index (χ1n) is 2.54. The minimum absolute atomic E-state index is 1.09. The Morgan fingerprint density at radius 3 is 2.78 bits per heavy atom. The van der Waals surface area contributed by atoms with Crippen molar-refractivity contribution >= 4 is 24.0 Å². The maximum absolute atomic E-state index is 3.79. The first-order chi connectivity index (χ1) is 4.33. The molecule has 2 heteroatoms. The van der Waals surface area contributed by atoms with Gasteiger partial charge < -0.3 is 0 Å². The molecule has 0 aromatic carbocycles. The van der Waals surface area contributed by atoms with Gasteiger partial charge in [-0.25, -0.2) is 0 Å². The van der Waals surface area contributed by atoms with Crippen LogP contribution >= 0.6 is 24.0 Å². The average Bonchev–Trinajstić information content (AvgIpc) is 2.17. The van der Waals surface area contributed by atoms with Gasteiger partial charge in [0, 0.05) is 4.88 Å². The lowest BCUT2D eigenvalue weighted by Gasteiger charge is -1.72. The molecule has 0 aliphatic rings. The van der Waals surface area contributed by atoms with Crippen LogP contribution in [-0.4, -0.2) is 0 Å². The molecule has 0 fully saturated rings. The van der Waals surface area contributed by atoms with E-state index in [0.717, 1.165) is 4.88 Å². The zero-order valence-electron chi connectivity index (χ0n) is 5.01. The Hall–Kier alpha value is -0.390. The van der Waals surface area contributed by atoms with Crippen molar-refractivity contribution in [3.63, 3.8) is 0 Å². The highest BCUT2D eigenvalue weighted by atomic mass is 32.1. The summed E-state index contributed by atoms with van der Waals surface area (Å²) in [5.41, 5.74) is 0. The molecule has 0 unspecified atom stereocenters. The van der Waals surface area contributed by atoms with Crippen LogP contribution in [0.25, 0.3) is 0 Å². The van der Waals surface area contributed by atoms with Crippen LogP contribution in [0.3, 0.4) is 0 Å². The van der Waals surface area contributed by atoms with E-state index in [0.29, 0.717) is 0 Å². The Morgan fingerprint density at radius 1 is 1.56 bits per heavy atom. The number of hydrogen-bond acceptors (Lipinski definition) is 2. The molecule has 0 saturated carbocycles. The summed E-state index contributed by atoms with van der Waals surface area (Å²) in [5, 5.41) is 2.55. The van der Waals surface area contributed by atoms with Crippen molar-refractivity contribution in [3.8, 4) is 11.2 Å². The number of hydrogen-bond donors (Lipinski definition) is 1. The van der Waals surface area contributed by atoms with Gasteiger partial charge in [0.05, 0.1) is 4.88 Å². The maximum Gasteiger partial charge on any atom is 0.0780 e. The normalized spacial score (nSPS) is 8.22. The summed E-state index contributed by atoms with van der Waals surface area (Å²) in [7, 11) is 0. The monoisotopic (exact) mass is 154 g/mol. The van der Waals surface area contributed by atoms with E-state index in [1.54, 1.807) is 11.3 Å². The van der Waals surface area contributed by atoms with Crippen LogP contribution in [0, 0.1) is 18.1 Å². The van der Waals surface area contributed by atoms with Gasteiger partial charge in [0.2, 0.25) is 0 Å². The van der Waals surface area contributed by atoms with Gasteiger partial charge in [-0.3, -0.25) is 0 Å². The molecule has 1 aromatic heterocycles. The minimum atomic E-state index is 1.09. The Bertz CT molecular complexity index is 249. The third kappa shape index (κ3) is 1.78. The zero-order chi connectivity index (χ0) is 6.69. The molecular weight excluding hydrogens is 148 g/mol. The van der Waals surface area contributed by atoms with E-state index in [2.05, 4.69) is 36.8 Å². The molecule has 0 atom stereocenters.